The first kappa shape index (κ1) is 11.1. The van der Waals surface area contributed by atoms with Crippen LogP contribution in [0.4, 0.5) is 18.0 Å². The van der Waals surface area contributed by atoms with Crippen molar-refractivity contribution in [3.05, 3.63) is 0 Å². The van der Waals surface area contributed by atoms with E-state index in [9.17, 15) is 18.0 Å². The molecule has 1 aliphatic carbocycles. The van der Waals surface area contributed by atoms with Crippen molar-refractivity contribution in [1.82, 2.24) is 10.6 Å². The Balaban J connectivity index is 1.97. The van der Waals surface area contributed by atoms with E-state index in [-0.39, 0.29) is 0 Å². The molecule has 0 saturated heterocycles. The first-order valence-electron chi connectivity index (χ1n) is 4.56. The summed E-state index contributed by atoms with van der Waals surface area (Å²) in [5.74, 6) is 0.665. The number of hydrogen-bond acceptors (Lipinski definition) is 1. The second-order valence-electron chi connectivity index (χ2n) is 3.46. The average Bonchev–Trinajstić information content (AvgIpc) is 2.83. The molecule has 0 aromatic rings. The van der Waals surface area contributed by atoms with Crippen molar-refractivity contribution in [2.75, 3.05) is 13.1 Å². The summed E-state index contributed by atoms with van der Waals surface area (Å²) in [6, 6.07) is -0.747. The lowest BCUT2D eigenvalue weighted by Crippen LogP contribution is -2.41. The maximum Gasteiger partial charge on any atom is 0.405 e. The van der Waals surface area contributed by atoms with Gasteiger partial charge < -0.3 is 10.6 Å². The van der Waals surface area contributed by atoms with Gasteiger partial charge in [-0.1, -0.05) is 12.8 Å². The molecule has 6 heteroatoms. The molecule has 82 valence electrons. The van der Waals surface area contributed by atoms with Crippen molar-refractivity contribution in [1.29, 1.82) is 0 Å². The Morgan fingerprint density at radius 3 is 2.43 bits per heavy atom. The molecule has 0 aromatic carbocycles. The molecule has 1 aliphatic rings. The highest BCUT2D eigenvalue weighted by molar-refractivity contribution is 5.73. The van der Waals surface area contributed by atoms with E-state index >= 15 is 0 Å². The molecule has 0 bridgehead atoms. The Hall–Kier alpha value is -0.940. The van der Waals surface area contributed by atoms with Gasteiger partial charge in [-0.15, -0.1) is 0 Å². The smallest absolute Gasteiger partial charge is 0.338 e. The molecule has 1 saturated carbocycles. The van der Waals surface area contributed by atoms with Crippen LogP contribution < -0.4 is 10.6 Å². The Bertz CT molecular complexity index is 201. The van der Waals surface area contributed by atoms with Gasteiger partial charge in [-0.25, -0.2) is 4.79 Å². The summed E-state index contributed by atoms with van der Waals surface area (Å²) in [5.41, 5.74) is 0. The van der Waals surface area contributed by atoms with Crippen LogP contribution in [0.3, 0.4) is 0 Å². The monoisotopic (exact) mass is 210 g/mol. The predicted octanol–water partition coefficient (Wildman–Crippen LogP) is 1.65. The van der Waals surface area contributed by atoms with E-state index in [2.05, 4.69) is 5.32 Å². The third kappa shape index (κ3) is 5.66. The SMILES string of the molecule is O=C(NCCC1CC1)NCC(F)(F)F. The fourth-order valence-electron chi connectivity index (χ4n) is 1.04. The van der Waals surface area contributed by atoms with E-state index in [0.29, 0.717) is 12.5 Å². The zero-order valence-corrected chi connectivity index (χ0v) is 7.66. The van der Waals surface area contributed by atoms with Crippen LogP contribution in [0.5, 0.6) is 0 Å². The maximum absolute atomic E-state index is 11.6. The molecule has 0 atom stereocenters. The lowest BCUT2D eigenvalue weighted by molar-refractivity contribution is -0.122. The Labute approximate surface area is 80.0 Å². The fraction of sp³-hybridized carbons (Fsp3) is 0.875. The normalized spacial score (nSPS) is 16.5. The highest BCUT2D eigenvalue weighted by atomic mass is 19.4. The number of rotatable bonds is 4. The second kappa shape index (κ2) is 4.52. The van der Waals surface area contributed by atoms with Gasteiger partial charge in [-0.3, -0.25) is 0 Å². The Morgan fingerprint density at radius 1 is 1.29 bits per heavy atom. The topological polar surface area (TPSA) is 41.1 Å². The van der Waals surface area contributed by atoms with Crippen LogP contribution in [-0.4, -0.2) is 25.3 Å². The van der Waals surface area contributed by atoms with Crippen LogP contribution in [0.25, 0.3) is 0 Å². The van der Waals surface area contributed by atoms with Gasteiger partial charge in [0.2, 0.25) is 0 Å². The summed E-state index contributed by atoms with van der Waals surface area (Å²) in [6.07, 6.45) is -1.13. The summed E-state index contributed by atoms with van der Waals surface area (Å²) in [7, 11) is 0. The third-order valence-electron chi connectivity index (χ3n) is 1.98. The Morgan fingerprint density at radius 2 is 1.93 bits per heavy atom. The Kier molecular flexibility index (Phi) is 3.60. The highest BCUT2D eigenvalue weighted by Crippen LogP contribution is 2.31. The molecule has 3 nitrogen and oxygen atoms in total. The van der Waals surface area contributed by atoms with Crippen molar-refractivity contribution in [2.24, 2.45) is 5.92 Å². The average molecular weight is 210 g/mol. The largest absolute Gasteiger partial charge is 0.405 e. The lowest BCUT2D eigenvalue weighted by atomic mass is 10.3. The first-order chi connectivity index (χ1) is 6.47. The summed E-state index contributed by atoms with van der Waals surface area (Å²) < 4.78 is 34.9. The number of nitrogens with one attached hydrogen (secondary N) is 2. The number of hydrogen-bond donors (Lipinski definition) is 2. The number of urea groups is 1. The van der Waals surface area contributed by atoms with E-state index < -0.39 is 18.8 Å². The van der Waals surface area contributed by atoms with Crippen molar-refractivity contribution >= 4 is 6.03 Å². The van der Waals surface area contributed by atoms with Crippen LogP contribution in [0, 0.1) is 5.92 Å². The quantitative estimate of drug-likeness (QED) is 0.727. The van der Waals surface area contributed by atoms with Gasteiger partial charge in [0, 0.05) is 6.54 Å². The molecular weight excluding hydrogens is 197 g/mol. The van der Waals surface area contributed by atoms with Crippen molar-refractivity contribution in [2.45, 2.75) is 25.4 Å². The van der Waals surface area contributed by atoms with E-state index in [1.807, 2.05) is 0 Å². The van der Waals surface area contributed by atoms with Crippen LogP contribution in [0.15, 0.2) is 0 Å². The number of carbonyl (C=O) groups is 1. The van der Waals surface area contributed by atoms with Crippen LogP contribution in [0.1, 0.15) is 19.3 Å². The minimum absolute atomic E-state index is 0.453. The van der Waals surface area contributed by atoms with Crippen LogP contribution in [-0.2, 0) is 0 Å². The van der Waals surface area contributed by atoms with Gasteiger partial charge in [-0.05, 0) is 12.3 Å². The van der Waals surface area contributed by atoms with Gasteiger partial charge in [0.05, 0.1) is 0 Å². The third-order valence-corrected chi connectivity index (χ3v) is 1.98. The summed E-state index contributed by atoms with van der Waals surface area (Å²) in [5, 5.41) is 4.12. The number of alkyl halides is 3. The molecule has 14 heavy (non-hydrogen) atoms. The van der Waals surface area contributed by atoms with Gasteiger partial charge in [0.25, 0.3) is 0 Å². The zero-order chi connectivity index (χ0) is 10.6. The summed E-state index contributed by atoms with van der Waals surface area (Å²) >= 11 is 0. The minimum Gasteiger partial charge on any atom is -0.338 e. The van der Waals surface area contributed by atoms with Gasteiger partial charge >= 0.3 is 12.2 Å². The second-order valence-corrected chi connectivity index (χ2v) is 3.46. The van der Waals surface area contributed by atoms with Crippen molar-refractivity contribution < 1.29 is 18.0 Å². The summed E-state index contributed by atoms with van der Waals surface area (Å²) in [4.78, 5) is 10.8. The van der Waals surface area contributed by atoms with E-state index in [1.165, 1.54) is 12.8 Å². The molecule has 1 rings (SSSR count). The maximum atomic E-state index is 11.6. The molecule has 0 aliphatic heterocycles. The standard InChI is InChI=1S/C8H13F3N2O/c9-8(10,11)5-13-7(14)12-4-3-6-1-2-6/h6H,1-5H2,(H2,12,13,14). The van der Waals surface area contributed by atoms with Gasteiger partial charge in [0.15, 0.2) is 0 Å². The fourth-order valence-corrected chi connectivity index (χ4v) is 1.04. The molecular formula is C8H13F3N2O. The van der Waals surface area contributed by atoms with Crippen LogP contribution >= 0.6 is 0 Å². The van der Waals surface area contributed by atoms with Crippen molar-refractivity contribution in [3.63, 3.8) is 0 Å². The van der Waals surface area contributed by atoms with Crippen molar-refractivity contribution in [3.8, 4) is 0 Å². The predicted molar refractivity (Wildman–Crippen MR) is 44.8 cm³/mol. The summed E-state index contributed by atoms with van der Waals surface area (Å²) in [6.45, 7) is -0.823. The minimum atomic E-state index is -4.34. The molecule has 0 heterocycles. The molecule has 2 amide bonds. The number of carbonyl (C=O) groups excluding carboxylic acids is 1. The molecule has 0 spiro atoms. The zero-order valence-electron chi connectivity index (χ0n) is 7.66. The van der Waals surface area contributed by atoms with E-state index in [4.69, 9.17) is 0 Å². The number of halogens is 3. The molecule has 1 fully saturated rings. The van der Waals surface area contributed by atoms with E-state index in [0.717, 1.165) is 6.42 Å². The van der Waals surface area contributed by atoms with Gasteiger partial charge in [-0.2, -0.15) is 13.2 Å². The highest BCUT2D eigenvalue weighted by Gasteiger charge is 2.27. The molecule has 0 aromatic heterocycles. The van der Waals surface area contributed by atoms with E-state index in [1.54, 1.807) is 5.32 Å². The first-order valence-corrected chi connectivity index (χ1v) is 4.56. The molecule has 2 N–H and O–H groups in total. The van der Waals surface area contributed by atoms with Crippen LogP contribution in [0.2, 0.25) is 0 Å². The molecule has 0 radical (unpaired) electrons. The molecule has 0 unspecified atom stereocenters. The lowest BCUT2D eigenvalue weighted by Gasteiger charge is -2.09. The van der Waals surface area contributed by atoms with Gasteiger partial charge in [0.1, 0.15) is 6.54 Å². The number of amides is 2.